The van der Waals surface area contributed by atoms with E-state index in [2.05, 4.69) is 4.98 Å². The van der Waals surface area contributed by atoms with Gasteiger partial charge in [-0.05, 0) is 6.07 Å². The van der Waals surface area contributed by atoms with Crippen LogP contribution in [0.5, 0.6) is 11.5 Å². The van der Waals surface area contributed by atoms with Crippen LogP contribution >= 0.6 is 0 Å². The van der Waals surface area contributed by atoms with Crippen molar-refractivity contribution in [2.45, 2.75) is 0 Å². The van der Waals surface area contributed by atoms with Gasteiger partial charge in [-0.25, -0.2) is 4.39 Å². The molecule has 1 heterocycles. The first-order chi connectivity index (χ1) is 7.19. The molecule has 0 aliphatic heterocycles. The number of ether oxygens (including phenoxy) is 2. The summed E-state index contributed by atoms with van der Waals surface area (Å²) in [6, 6.07) is 1.67. The molecule has 1 aromatic carbocycles. The summed E-state index contributed by atoms with van der Waals surface area (Å²) < 4.78 is 23.9. The zero-order valence-electron chi connectivity index (χ0n) is 8.43. The molecule has 0 radical (unpaired) electrons. The van der Waals surface area contributed by atoms with Crippen LogP contribution in [0.25, 0.3) is 10.8 Å². The van der Waals surface area contributed by atoms with Crippen molar-refractivity contribution in [3.63, 3.8) is 0 Å². The molecular weight excluding hydrogens is 199 g/mol. The number of halogens is 1. The van der Waals surface area contributed by atoms with Gasteiger partial charge in [-0.15, -0.1) is 0 Å². The monoisotopic (exact) mass is 210 g/mol. The first-order valence-corrected chi connectivity index (χ1v) is 4.36. The van der Waals surface area contributed by atoms with Gasteiger partial charge in [0.05, 0.1) is 19.6 Å². The van der Waals surface area contributed by atoms with E-state index in [0.717, 1.165) is 0 Å². The van der Waals surface area contributed by atoms with Gasteiger partial charge in [-0.2, -0.15) is 0 Å². The number of H-pyrrole nitrogens is 1. The number of fused-ring (bicyclic) bond motifs is 1. The summed E-state index contributed by atoms with van der Waals surface area (Å²) in [5, 5.41) is 0.982. The molecule has 0 saturated carbocycles. The van der Waals surface area contributed by atoms with Gasteiger partial charge in [-0.3, -0.25) is 0 Å². The Labute approximate surface area is 85.8 Å². The molecule has 0 bridgehead atoms. The fourth-order valence-corrected chi connectivity index (χ4v) is 1.58. The third kappa shape index (κ3) is 1.27. The summed E-state index contributed by atoms with van der Waals surface area (Å²) >= 11 is 0. The molecule has 80 valence electrons. The summed E-state index contributed by atoms with van der Waals surface area (Å²) in [7, 11) is 2.84. The summed E-state index contributed by atoms with van der Waals surface area (Å²) in [5.41, 5.74) is 5.60. The average molecular weight is 210 g/mol. The first kappa shape index (κ1) is 9.64. The zero-order chi connectivity index (χ0) is 11.0. The molecule has 0 fully saturated rings. The molecule has 4 nitrogen and oxygen atoms in total. The largest absolute Gasteiger partial charge is 0.493 e. The van der Waals surface area contributed by atoms with Crippen molar-refractivity contribution in [3.8, 4) is 11.5 Å². The van der Waals surface area contributed by atoms with E-state index in [4.69, 9.17) is 15.2 Å². The molecule has 0 aliphatic rings. The number of methoxy groups -OCH3 is 2. The summed E-state index contributed by atoms with van der Waals surface area (Å²) in [5.74, 6) is 0.187. The van der Waals surface area contributed by atoms with Crippen LogP contribution in [0.3, 0.4) is 0 Å². The highest BCUT2D eigenvalue weighted by Gasteiger charge is 2.17. The number of nitrogens with one attached hydrogen (secondary N) is 1. The SMILES string of the molecule is COc1cc2c[nH]c(N)c2c(F)c1OC. The second-order valence-electron chi connectivity index (χ2n) is 3.09. The fraction of sp³-hybridized carbons (Fsp3) is 0.200. The average Bonchev–Trinajstić information content (AvgIpc) is 2.60. The third-order valence-electron chi connectivity index (χ3n) is 2.29. The maximum absolute atomic E-state index is 13.9. The highest BCUT2D eigenvalue weighted by atomic mass is 19.1. The molecular formula is C10H11FN2O2. The van der Waals surface area contributed by atoms with Crippen LogP contribution in [0.15, 0.2) is 12.3 Å². The van der Waals surface area contributed by atoms with Crippen molar-refractivity contribution < 1.29 is 13.9 Å². The Morgan fingerprint density at radius 2 is 2.07 bits per heavy atom. The van der Waals surface area contributed by atoms with Gasteiger partial charge in [0.25, 0.3) is 0 Å². The second-order valence-corrected chi connectivity index (χ2v) is 3.09. The molecule has 0 amide bonds. The van der Waals surface area contributed by atoms with Crippen LogP contribution < -0.4 is 15.2 Å². The Bertz CT molecular complexity index is 508. The molecule has 0 saturated heterocycles. The first-order valence-electron chi connectivity index (χ1n) is 4.36. The number of aromatic amines is 1. The number of benzene rings is 1. The van der Waals surface area contributed by atoms with Gasteiger partial charge in [-0.1, -0.05) is 0 Å². The topological polar surface area (TPSA) is 60.3 Å². The minimum Gasteiger partial charge on any atom is -0.493 e. The number of hydrogen-bond donors (Lipinski definition) is 2. The van der Waals surface area contributed by atoms with E-state index in [-0.39, 0.29) is 11.6 Å². The van der Waals surface area contributed by atoms with E-state index >= 15 is 0 Å². The van der Waals surface area contributed by atoms with Gasteiger partial charge < -0.3 is 20.2 Å². The van der Waals surface area contributed by atoms with Gasteiger partial charge in [0.1, 0.15) is 5.82 Å². The van der Waals surface area contributed by atoms with Gasteiger partial charge in [0, 0.05) is 11.6 Å². The lowest BCUT2D eigenvalue weighted by Gasteiger charge is -2.09. The number of anilines is 1. The van der Waals surface area contributed by atoms with Crippen LogP contribution in [-0.4, -0.2) is 19.2 Å². The van der Waals surface area contributed by atoms with Crippen LogP contribution in [0.4, 0.5) is 10.2 Å². The number of rotatable bonds is 2. The fourth-order valence-electron chi connectivity index (χ4n) is 1.58. The van der Waals surface area contributed by atoms with E-state index in [0.29, 0.717) is 16.5 Å². The molecule has 0 spiro atoms. The standard InChI is InChI=1S/C10H11FN2O2/c1-14-6-3-5-4-13-10(12)7(5)8(11)9(6)15-2/h3-4,13H,12H2,1-2H3. The summed E-state index contributed by atoms with van der Waals surface area (Å²) in [4.78, 5) is 2.75. The van der Waals surface area contributed by atoms with Gasteiger partial charge >= 0.3 is 0 Å². The molecule has 0 aliphatic carbocycles. The van der Waals surface area contributed by atoms with Gasteiger partial charge in [0.2, 0.25) is 0 Å². The highest BCUT2D eigenvalue weighted by Crippen LogP contribution is 2.38. The van der Waals surface area contributed by atoms with Crippen LogP contribution in [0.2, 0.25) is 0 Å². The number of aromatic nitrogens is 1. The molecule has 1 aromatic heterocycles. The number of nitrogens with two attached hydrogens (primary N) is 1. The maximum Gasteiger partial charge on any atom is 0.197 e. The minimum absolute atomic E-state index is 0.0660. The quantitative estimate of drug-likeness (QED) is 0.795. The van der Waals surface area contributed by atoms with E-state index in [1.807, 2.05) is 0 Å². The van der Waals surface area contributed by atoms with Crippen molar-refractivity contribution in [1.29, 1.82) is 0 Å². The highest BCUT2D eigenvalue weighted by molar-refractivity contribution is 5.95. The molecule has 0 unspecified atom stereocenters. The molecule has 15 heavy (non-hydrogen) atoms. The van der Waals surface area contributed by atoms with Crippen LogP contribution in [0.1, 0.15) is 0 Å². The third-order valence-corrected chi connectivity index (χ3v) is 2.29. The summed E-state index contributed by atoms with van der Waals surface area (Å²) in [6.45, 7) is 0. The predicted molar refractivity (Wildman–Crippen MR) is 55.8 cm³/mol. The zero-order valence-corrected chi connectivity index (χ0v) is 8.43. The lowest BCUT2D eigenvalue weighted by molar-refractivity contribution is 0.340. The van der Waals surface area contributed by atoms with Crippen molar-refractivity contribution in [1.82, 2.24) is 4.98 Å². The molecule has 5 heteroatoms. The van der Waals surface area contributed by atoms with E-state index < -0.39 is 5.82 Å². The molecule has 2 rings (SSSR count). The van der Waals surface area contributed by atoms with Gasteiger partial charge in [0.15, 0.2) is 17.3 Å². The second kappa shape index (κ2) is 3.34. The van der Waals surface area contributed by atoms with Crippen molar-refractivity contribution in [2.24, 2.45) is 0 Å². The van der Waals surface area contributed by atoms with Crippen molar-refractivity contribution in [3.05, 3.63) is 18.1 Å². The van der Waals surface area contributed by atoms with E-state index in [9.17, 15) is 4.39 Å². The maximum atomic E-state index is 13.9. The number of nitrogen functional groups attached to an aromatic ring is 1. The Kier molecular flexibility index (Phi) is 2.15. The van der Waals surface area contributed by atoms with Crippen molar-refractivity contribution >= 4 is 16.6 Å². The molecule has 0 atom stereocenters. The number of hydrogen-bond acceptors (Lipinski definition) is 3. The minimum atomic E-state index is -0.509. The van der Waals surface area contributed by atoms with Crippen molar-refractivity contribution in [2.75, 3.05) is 20.0 Å². The molecule has 3 N–H and O–H groups in total. The smallest absolute Gasteiger partial charge is 0.197 e. The summed E-state index contributed by atoms with van der Waals surface area (Å²) in [6.07, 6.45) is 1.62. The normalized spacial score (nSPS) is 10.6. The van der Waals surface area contributed by atoms with E-state index in [1.165, 1.54) is 14.2 Å². The van der Waals surface area contributed by atoms with Crippen LogP contribution in [-0.2, 0) is 0 Å². The van der Waals surface area contributed by atoms with E-state index in [1.54, 1.807) is 12.3 Å². The molecule has 2 aromatic rings. The Hall–Kier alpha value is -1.91. The lowest BCUT2D eigenvalue weighted by Crippen LogP contribution is -1.95. The predicted octanol–water partition coefficient (Wildman–Crippen LogP) is 1.91. The Morgan fingerprint density at radius 3 is 2.67 bits per heavy atom. The lowest BCUT2D eigenvalue weighted by atomic mass is 10.2. The Balaban J connectivity index is 2.84. The Morgan fingerprint density at radius 1 is 1.33 bits per heavy atom. The van der Waals surface area contributed by atoms with Crippen LogP contribution in [0, 0.1) is 5.82 Å².